The number of hydrogen-bond donors (Lipinski definition) is 0. The Hall–Kier alpha value is -2.65. The Balaban J connectivity index is 2.49. The molecule has 0 saturated heterocycles. The molecule has 1 saturated carbocycles. The molecule has 1 heterocycles. The highest BCUT2D eigenvalue weighted by Gasteiger charge is 2.44. The molecular formula is C17H15F5N2O3. The van der Waals surface area contributed by atoms with Crippen LogP contribution < -0.4 is 15.1 Å². The summed E-state index contributed by atoms with van der Waals surface area (Å²) in [6.07, 6.45) is -3.93. The Kier molecular flexibility index (Phi) is 4.40. The molecule has 146 valence electrons. The van der Waals surface area contributed by atoms with E-state index in [-0.39, 0.29) is 16.5 Å². The van der Waals surface area contributed by atoms with Gasteiger partial charge in [0.2, 0.25) is 5.82 Å². The van der Waals surface area contributed by atoms with Gasteiger partial charge in [-0.1, -0.05) is 0 Å². The summed E-state index contributed by atoms with van der Waals surface area (Å²) in [7, 11) is 1.70. The Morgan fingerprint density at radius 2 is 1.85 bits per heavy atom. The predicted octanol–water partition coefficient (Wildman–Crippen LogP) is 3.46. The van der Waals surface area contributed by atoms with Crippen molar-refractivity contribution in [2.45, 2.75) is 32.0 Å². The van der Waals surface area contributed by atoms with Gasteiger partial charge in [-0.25, -0.2) is 4.39 Å². The molecule has 2 aromatic rings. The van der Waals surface area contributed by atoms with E-state index < -0.39 is 46.0 Å². The van der Waals surface area contributed by atoms with Crippen LogP contribution in [-0.4, -0.2) is 30.8 Å². The van der Waals surface area contributed by atoms with Crippen LogP contribution in [0, 0.1) is 18.6 Å². The quantitative estimate of drug-likeness (QED) is 0.755. The second-order valence-corrected chi connectivity index (χ2v) is 6.35. The molecule has 1 fully saturated rings. The minimum absolute atomic E-state index is 0.0891. The van der Waals surface area contributed by atoms with Gasteiger partial charge in [-0.3, -0.25) is 9.59 Å². The lowest BCUT2D eigenvalue weighted by Gasteiger charge is -2.24. The first-order valence-corrected chi connectivity index (χ1v) is 7.96. The van der Waals surface area contributed by atoms with Crippen LogP contribution >= 0.6 is 0 Å². The third kappa shape index (κ3) is 2.92. The molecule has 1 aromatic heterocycles. The Morgan fingerprint density at radius 3 is 2.33 bits per heavy atom. The van der Waals surface area contributed by atoms with Crippen molar-refractivity contribution in [3.8, 4) is 5.75 Å². The molecular weight excluding hydrogens is 375 g/mol. The average molecular weight is 390 g/mol. The zero-order valence-electron chi connectivity index (χ0n) is 14.6. The first-order chi connectivity index (χ1) is 12.5. The van der Waals surface area contributed by atoms with Crippen LogP contribution in [0.1, 0.15) is 24.6 Å². The highest BCUT2D eigenvalue weighted by molar-refractivity contribution is 6.06. The number of benzene rings is 1. The third-order valence-corrected chi connectivity index (χ3v) is 4.49. The summed E-state index contributed by atoms with van der Waals surface area (Å²) < 4.78 is 74.2. The molecule has 0 radical (unpaired) electrons. The number of aryl methyl sites for hydroxylation is 1. The van der Waals surface area contributed by atoms with Gasteiger partial charge in [-0.15, -0.1) is 0 Å². The van der Waals surface area contributed by atoms with Crippen molar-refractivity contribution in [3.63, 3.8) is 0 Å². The van der Waals surface area contributed by atoms with Gasteiger partial charge in [0.25, 0.3) is 0 Å². The van der Waals surface area contributed by atoms with Crippen LogP contribution in [0.15, 0.2) is 10.9 Å². The molecule has 0 spiro atoms. The first-order valence-electron chi connectivity index (χ1n) is 7.96. The fourth-order valence-electron chi connectivity index (χ4n) is 3.21. The van der Waals surface area contributed by atoms with Crippen LogP contribution in [0.2, 0.25) is 0 Å². The van der Waals surface area contributed by atoms with Crippen LogP contribution in [0.5, 0.6) is 5.75 Å². The Morgan fingerprint density at radius 1 is 1.26 bits per heavy atom. The number of amides is 1. The number of fused-ring (bicyclic) bond motifs is 1. The fraction of sp³-hybridized carbons (Fsp3) is 0.412. The molecule has 1 amide bonds. The highest BCUT2D eigenvalue weighted by atomic mass is 19.4. The van der Waals surface area contributed by atoms with Gasteiger partial charge >= 0.3 is 12.1 Å². The maximum atomic E-state index is 14.6. The summed E-state index contributed by atoms with van der Waals surface area (Å²) >= 11 is 0. The number of nitrogens with zero attached hydrogens (tertiary/aromatic N) is 2. The zero-order valence-corrected chi connectivity index (χ0v) is 14.6. The Bertz CT molecular complexity index is 1010. The van der Waals surface area contributed by atoms with Gasteiger partial charge in [0.15, 0.2) is 17.0 Å². The number of halogens is 5. The summed E-state index contributed by atoms with van der Waals surface area (Å²) in [5.41, 5.74) is -1.64. The van der Waals surface area contributed by atoms with E-state index in [1.165, 1.54) is 4.57 Å². The van der Waals surface area contributed by atoms with E-state index in [1.807, 2.05) is 0 Å². The van der Waals surface area contributed by atoms with Gasteiger partial charge in [0, 0.05) is 24.8 Å². The number of alkyl halides is 3. The summed E-state index contributed by atoms with van der Waals surface area (Å²) in [4.78, 5) is 24.1. The van der Waals surface area contributed by atoms with Crippen LogP contribution in [0.4, 0.5) is 27.6 Å². The van der Waals surface area contributed by atoms with Gasteiger partial charge in [0.1, 0.15) is 5.52 Å². The number of carbonyl (C=O) groups is 1. The van der Waals surface area contributed by atoms with Crippen molar-refractivity contribution in [3.05, 3.63) is 33.6 Å². The van der Waals surface area contributed by atoms with Crippen molar-refractivity contribution in [2.75, 3.05) is 19.1 Å². The number of pyridine rings is 1. The molecule has 1 aliphatic rings. The molecule has 10 heteroatoms. The summed E-state index contributed by atoms with van der Waals surface area (Å²) in [6.45, 7) is 1.57. The molecule has 0 atom stereocenters. The summed E-state index contributed by atoms with van der Waals surface area (Å²) in [5.74, 6) is -6.35. The number of rotatable bonds is 3. The van der Waals surface area contributed by atoms with E-state index in [0.29, 0.717) is 25.6 Å². The Labute approximate surface area is 149 Å². The van der Waals surface area contributed by atoms with E-state index >= 15 is 0 Å². The number of hydrogen-bond acceptors (Lipinski definition) is 3. The second-order valence-electron chi connectivity index (χ2n) is 6.35. The van der Waals surface area contributed by atoms with E-state index in [9.17, 15) is 31.5 Å². The predicted molar refractivity (Wildman–Crippen MR) is 87.1 cm³/mol. The van der Waals surface area contributed by atoms with E-state index in [4.69, 9.17) is 4.74 Å². The largest absolute Gasteiger partial charge is 0.491 e. The number of ether oxygens (including phenoxy) is 1. The first kappa shape index (κ1) is 19.1. The molecule has 1 aliphatic carbocycles. The second kappa shape index (κ2) is 6.21. The van der Waals surface area contributed by atoms with E-state index in [0.717, 1.165) is 13.2 Å². The standard InChI is InChI=1S/C17H15F5N2O3/c1-7-6-9(25)10-13(23(2)16(26)17(20,21)22)11(18)12(19)15(27-3)14(10)24(7)8-4-5-8/h6,8H,4-5H2,1-3H3. The molecule has 0 bridgehead atoms. The maximum Gasteiger partial charge on any atom is 0.471 e. The lowest BCUT2D eigenvalue weighted by Crippen LogP contribution is -2.39. The van der Waals surface area contributed by atoms with E-state index in [2.05, 4.69) is 0 Å². The minimum Gasteiger partial charge on any atom is -0.491 e. The number of carbonyl (C=O) groups excluding carboxylic acids is 1. The molecule has 0 aliphatic heterocycles. The smallest absolute Gasteiger partial charge is 0.471 e. The van der Waals surface area contributed by atoms with Crippen molar-refractivity contribution in [1.82, 2.24) is 4.57 Å². The van der Waals surface area contributed by atoms with Gasteiger partial charge in [0.05, 0.1) is 18.2 Å². The van der Waals surface area contributed by atoms with Gasteiger partial charge < -0.3 is 14.2 Å². The molecule has 5 nitrogen and oxygen atoms in total. The third-order valence-electron chi connectivity index (χ3n) is 4.49. The van der Waals surface area contributed by atoms with Gasteiger partial charge in [-0.05, 0) is 19.8 Å². The van der Waals surface area contributed by atoms with Gasteiger partial charge in [-0.2, -0.15) is 17.6 Å². The topological polar surface area (TPSA) is 51.5 Å². The maximum absolute atomic E-state index is 14.6. The van der Waals surface area contributed by atoms with Crippen LogP contribution in [0.3, 0.4) is 0 Å². The average Bonchev–Trinajstić information content (AvgIpc) is 3.39. The van der Waals surface area contributed by atoms with Crippen molar-refractivity contribution < 1.29 is 31.5 Å². The lowest BCUT2D eigenvalue weighted by atomic mass is 10.1. The van der Waals surface area contributed by atoms with E-state index in [1.54, 1.807) is 6.92 Å². The molecule has 1 aromatic carbocycles. The lowest BCUT2D eigenvalue weighted by molar-refractivity contribution is -0.170. The summed E-state index contributed by atoms with van der Waals surface area (Å²) in [5, 5.41) is -0.539. The van der Waals surface area contributed by atoms with Crippen molar-refractivity contribution in [1.29, 1.82) is 0 Å². The summed E-state index contributed by atoms with van der Waals surface area (Å²) in [6, 6.07) is 0.996. The van der Waals surface area contributed by atoms with Crippen molar-refractivity contribution >= 4 is 22.5 Å². The monoisotopic (exact) mass is 390 g/mol. The molecule has 27 heavy (non-hydrogen) atoms. The SMILES string of the molecule is COc1c(F)c(F)c(N(C)C(=O)C(F)(F)F)c2c(=O)cc(C)n(C3CC3)c12. The van der Waals surface area contributed by atoms with Crippen LogP contribution in [-0.2, 0) is 4.79 Å². The normalized spacial score (nSPS) is 14.5. The highest BCUT2D eigenvalue weighted by Crippen LogP contribution is 2.44. The molecule has 0 N–H and O–H groups in total. The fourth-order valence-corrected chi connectivity index (χ4v) is 3.21. The molecule has 0 unspecified atom stereocenters. The number of anilines is 1. The minimum atomic E-state index is -5.33. The molecule has 3 rings (SSSR count). The van der Waals surface area contributed by atoms with Crippen LogP contribution in [0.25, 0.3) is 10.9 Å². The number of aromatic nitrogens is 1. The number of methoxy groups -OCH3 is 1. The van der Waals surface area contributed by atoms with Crippen molar-refractivity contribution in [2.24, 2.45) is 0 Å². The zero-order chi connectivity index (χ0) is 20.3.